The molecule has 0 saturated carbocycles. The minimum atomic E-state index is -0.107. The summed E-state index contributed by atoms with van der Waals surface area (Å²) in [5.74, 6) is -0.144. The number of anilines is 2. The predicted octanol–water partition coefficient (Wildman–Crippen LogP) is 2.33. The Kier molecular flexibility index (Phi) is 5.44. The van der Waals surface area contributed by atoms with Gasteiger partial charge in [0.2, 0.25) is 5.91 Å². The zero-order valence-electron chi connectivity index (χ0n) is 11.0. The highest BCUT2D eigenvalue weighted by atomic mass is 35.5. The summed E-state index contributed by atoms with van der Waals surface area (Å²) in [4.78, 5) is 13.9. The van der Waals surface area contributed by atoms with Gasteiger partial charge in [0, 0.05) is 25.0 Å². The van der Waals surface area contributed by atoms with E-state index in [1.165, 1.54) is 0 Å². The molecule has 18 heavy (non-hydrogen) atoms. The van der Waals surface area contributed by atoms with Gasteiger partial charge >= 0.3 is 0 Å². The molecule has 0 aromatic heterocycles. The van der Waals surface area contributed by atoms with E-state index in [0.29, 0.717) is 18.0 Å². The fourth-order valence-electron chi connectivity index (χ4n) is 1.64. The lowest BCUT2D eigenvalue weighted by molar-refractivity contribution is -0.119. The molecule has 1 amide bonds. The fourth-order valence-corrected chi connectivity index (χ4v) is 1.81. The van der Waals surface area contributed by atoms with Crippen LogP contribution in [-0.4, -0.2) is 26.5 Å². The van der Waals surface area contributed by atoms with Crippen molar-refractivity contribution in [2.75, 3.05) is 30.9 Å². The van der Waals surface area contributed by atoms with Crippen LogP contribution in [0.1, 0.15) is 13.3 Å². The number of carbonyl (C=O) groups is 1. The molecule has 0 saturated heterocycles. The number of rotatable bonds is 5. The van der Waals surface area contributed by atoms with Crippen LogP contribution in [-0.2, 0) is 4.79 Å². The van der Waals surface area contributed by atoms with Gasteiger partial charge in [-0.15, -0.1) is 0 Å². The highest BCUT2D eigenvalue weighted by molar-refractivity contribution is 6.31. The molecule has 0 aliphatic rings. The largest absolute Gasteiger partial charge is 0.376 e. The molecule has 0 spiro atoms. The van der Waals surface area contributed by atoms with Gasteiger partial charge in [0.15, 0.2) is 0 Å². The first-order chi connectivity index (χ1) is 8.45. The van der Waals surface area contributed by atoms with Crippen molar-refractivity contribution in [1.29, 1.82) is 0 Å². The van der Waals surface area contributed by atoms with Crippen LogP contribution in [0.5, 0.6) is 0 Å². The number of hydrogen-bond donors (Lipinski definition) is 2. The Morgan fingerprint density at radius 3 is 2.72 bits per heavy atom. The van der Waals surface area contributed by atoms with Crippen molar-refractivity contribution in [1.82, 2.24) is 0 Å². The second-order valence-electron chi connectivity index (χ2n) is 4.52. The number of nitrogens with one attached hydrogen (secondary N) is 1. The van der Waals surface area contributed by atoms with Gasteiger partial charge in [-0.3, -0.25) is 4.79 Å². The number of nitrogens with zero attached hydrogens (tertiary/aromatic N) is 1. The Bertz CT molecular complexity index is 421. The van der Waals surface area contributed by atoms with E-state index >= 15 is 0 Å². The normalized spacial score (nSPS) is 12.1. The number of amides is 1. The standard InChI is InChI=1S/C13H20ClN3O/c1-9(6-7-15)13(18)16-11-8-10(14)4-5-12(11)17(2)3/h4-5,8-9H,6-7,15H2,1-3H3,(H,16,18). The molecule has 0 radical (unpaired) electrons. The van der Waals surface area contributed by atoms with Crippen molar-refractivity contribution in [2.24, 2.45) is 11.7 Å². The van der Waals surface area contributed by atoms with Gasteiger partial charge < -0.3 is 16.0 Å². The number of nitrogens with two attached hydrogens (primary N) is 1. The van der Waals surface area contributed by atoms with Gasteiger partial charge in [0.05, 0.1) is 11.4 Å². The summed E-state index contributed by atoms with van der Waals surface area (Å²) in [7, 11) is 3.84. The highest BCUT2D eigenvalue weighted by Crippen LogP contribution is 2.28. The Morgan fingerprint density at radius 2 is 2.17 bits per heavy atom. The van der Waals surface area contributed by atoms with Gasteiger partial charge in [-0.05, 0) is 31.2 Å². The highest BCUT2D eigenvalue weighted by Gasteiger charge is 2.14. The molecule has 0 heterocycles. The molecule has 1 rings (SSSR count). The summed E-state index contributed by atoms with van der Waals surface area (Å²) in [6.07, 6.45) is 0.670. The quantitative estimate of drug-likeness (QED) is 0.863. The lowest BCUT2D eigenvalue weighted by Crippen LogP contribution is -2.24. The second kappa shape index (κ2) is 6.61. The number of benzene rings is 1. The third kappa shape index (κ3) is 3.89. The summed E-state index contributed by atoms with van der Waals surface area (Å²) in [5, 5.41) is 3.50. The molecule has 0 aliphatic heterocycles. The molecule has 1 aromatic rings. The first kappa shape index (κ1) is 14.8. The summed E-state index contributed by atoms with van der Waals surface area (Å²) in [6, 6.07) is 5.44. The van der Waals surface area contributed by atoms with Crippen molar-refractivity contribution in [3.63, 3.8) is 0 Å². The average Bonchev–Trinajstić information content (AvgIpc) is 2.28. The predicted molar refractivity (Wildman–Crippen MR) is 77.2 cm³/mol. The van der Waals surface area contributed by atoms with Crippen LogP contribution in [0.3, 0.4) is 0 Å². The van der Waals surface area contributed by atoms with Crippen LogP contribution in [0.15, 0.2) is 18.2 Å². The van der Waals surface area contributed by atoms with Crippen molar-refractivity contribution in [2.45, 2.75) is 13.3 Å². The van der Waals surface area contributed by atoms with Crippen molar-refractivity contribution in [3.05, 3.63) is 23.2 Å². The first-order valence-electron chi connectivity index (χ1n) is 5.93. The zero-order chi connectivity index (χ0) is 13.7. The molecule has 4 nitrogen and oxygen atoms in total. The Balaban J connectivity index is 2.89. The van der Waals surface area contributed by atoms with E-state index in [1.54, 1.807) is 12.1 Å². The Hall–Kier alpha value is -1.26. The monoisotopic (exact) mass is 269 g/mol. The molecule has 0 bridgehead atoms. The third-order valence-corrected chi connectivity index (χ3v) is 2.98. The van der Waals surface area contributed by atoms with E-state index in [2.05, 4.69) is 5.32 Å². The summed E-state index contributed by atoms with van der Waals surface area (Å²) in [6.45, 7) is 2.37. The van der Waals surface area contributed by atoms with Gasteiger partial charge in [-0.2, -0.15) is 0 Å². The summed E-state index contributed by atoms with van der Waals surface area (Å²) in [5.41, 5.74) is 7.10. The average molecular weight is 270 g/mol. The summed E-state index contributed by atoms with van der Waals surface area (Å²) >= 11 is 5.96. The smallest absolute Gasteiger partial charge is 0.227 e. The SMILES string of the molecule is CC(CCN)C(=O)Nc1cc(Cl)ccc1N(C)C. The van der Waals surface area contributed by atoms with Crippen LogP contribution in [0.25, 0.3) is 0 Å². The molecule has 5 heteroatoms. The Labute approximate surface area is 113 Å². The maximum absolute atomic E-state index is 12.0. The molecule has 1 unspecified atom stereocenters. The van der Waals surface area contributed by atoms with Crippen molar-refractivity contribution >= 4 is 28.9 Å². The fraction of sp³-hybridized carbons (Fsp3) is 0.462. The third-order valence-electron chi connectivity index (χ3n) is 2.75. The van der Waals surface area contributed by atoms with Crippen LogP contribution in [0.4, 0.5) is 11.4 Å². The number of carbonyl (C=O) groups excluding carboxylic acids is 1. The van der Waals surface area contributed by atoms with Crippen LogP contribution < -0.4 is 16.0 Å². The molecule has 100 valence electrons. The molecule has 0 aliphatic carbocycles. The molecule has 0 fully saturated rings. The molecule has 3 N–H and O–H groups in total. The van der Waals surface area contributed by atoms with E-state index in [4.69, 9.17) is 17.3 Å². The minimum Gasteiger partial charge on any atom is -0.376 e. The van der Waals surface area contributed by atoms with E-state index in [-0.39, 0.29) is 11.8 Å². The van der Waals surface area contributed by atoms with Crippen LogP contribution in [0.2, 0.25) is 5.02 Å². The van der Waals surface area contributed by atoms with E-state index in [9.17, 15) is 4.79 Å². The number of hydrogen-bond acceptors (Lipinski definition) is 3. The maximum Gasteiger partial charge on any atom is 0.227 e. The van der Waals surface area contributed by atoms with Gasteiger partial charge in [-0.25, -0.2) is 0 Å². The molecule has 1 atom stereocenters. The van der Waals surface area contributed by atoms with E-state index < -0.39 is 0 Å². The summed E-state index contributed by atoms with van der Waals surface area (Å²) < 4.78 is 0. The second-order valence-corrected chi connectivity index (χ2v) is 4.96. The van der Waals surface area contributed by atoms with Crippen LogP contribution >= 0.6 is 11.6 Å². The molecular formula is C13H20ClN3O. The van der Waals surface area contributed by atoms with Crippen molar-refractivity contribution in [3.8, 4) is 0 Å². The maximum atomic E-state index is 12.0. The molecular weight excluding hydrogens is 250 g/mol. The van der Waals surface area contributed by atoms with Crippen molar-refractivity contribution < 1.29 is 4.79 Å². The van der Waals surface area contributed by atoms with E-state index in [1.807, 2.05) is 32.0 Å². The van der Waals surface area contributed by atoms with Gasteiger partial charge in [0.1, 0.15) is 0 Å². The lowest BCUT2D eigenvalue weighted by atomic mass is 10.1. The van der Waals surface area contributed by atoms with E-state index in [0.717, 1.165) is 11.4 Å². The topological polar surface area (TPSA) is 58.4 Å². The Morgan fingerprint density at radius 1 is 1.50 bits per heavy atom. The first-order valence-corrected chi connectivity index (χ1v) is 6.31. The van der Waals surface area contributed by atoms with Crippen LogP contribution in [0, 0.1) is 5.92 Å². The van der Waals surface area contributed by atoms with Gasteiger partial charge in [0.25, 0.3) is 0 Å². The lowest BCUT2D eigenvalue weighted by Gasteiger charge is -2.19. The zero-order valence-corrected chi connectivity index (χ0v) is 11.8. The minimum absolute atomic E-state index is 0.0363. The van der Waals surface area contributed by atoms with Gasteiger partial charge in [-0.1, -0.05) is 18.5 Å². The molecule has 1 aromatic carbocycles. The number of halogens is 1.